The number of carbonyl (C=O) groups excluding carboxylic acids is 3. The molecule has 142 valence electrons. The average Bonchev–Trinajstić information content (AvgIpc) is 2.63. The smallest absolute Gasteiger partial charge is 0.338 e. The van der Waals surface area contributed by atoms with Crippen molar-refractivity contribution in [3.8, 4) is 0 Å². The van der Waals surface area contributed by atoms with Gasteiger partial charge in [0.1, 0.15) is 6.54 Å². The van der Waals surface area contributed by atoms with Gasteiger partial charge in [-0.15, -0.1) is 0 Å². The minimum atomic E-state index is -0.406. The van der Waals surface area contributed by atoms with Crippen molar-refractivity contribution in [2.24, 2.45) is 0 Å². The van der Waals surface area contributed by atoms with Crippen LogP contribution in [0.15, 0.2) is 48.5 Å². The predicted octanol–water partition coefficient (Wildman–Crippen LogP) is 3.16. The van der Waals surface area contributed by atoms with Crippen LogP contribution in [0.4, 0.5) is 5.69 Å². The molecule has 0 radical (unpaired) electrons. The Balaban J connectivity index is 1.96. The lowest BCUT2D eigenvalue weighted by atomic mass is 10.1. The van der Waals surface area contributed by atoms with Crippen molar-refractivity contribution in [1.82, 2.24) is 4.90 Å². The van der Waals surface area contributed by atoms with Crippen LogP contribution >= 0.6 is 0 Å². The summed E-state index contributed by atoms with van der Waals surface area (Å²) in [7, 11) is 0. The van der Waals surface area contributed by atoms with E-state index in [0.717, 1.165) is 11.1 Å². The molecule has 0 saturated carbocycles. The molecule has 0 unspecified atom stereocenters. The number of rotatable bonds is 7. The number of nitrogens with one attached hydrogen (secondary N) is 1. The summed E-state index contributed by atoms with van der Waals surface area (Å²) in [6.07, 6.45) is 0. The lowest BCUT2D eigenvalue weighted by Gasteiger charge is -2.21. The van der Waals surface area contributed by atoms with E-state index in [4.69, 9.17) is 4.74 Å². The van der Waals surface area contributed by atoms with E-state index in [-0.39, 0.29) is 18.4 Å². The number of amides is 2. The lowest BCUT2D eigenvalue weighted by Crippen LogP contribution is -2.36. The van der Waals surface area contributed by atoms with Gasteiger partial charge in [0.25, 0.3) is 0 Å². The number of aryl methyl sites for hydroxylation is 1. The van der Waals surface area contributed by atoms with E-state index < -0.39 is 5.97 Å². The first-order valence-corrected chi connectivity index (χ1v) is 8.77. The van der Waals surface area contributed by atoms with Crippen LogP contribution < -0.4 is 5.32 Å². The molecule has 6 nitrogen and oxygen atoms in total. The van der Waals surface area contributed by atoms with Crippen LogP contribution in [0, 0.1) is 6.92 Å². The second-order valence-electron chi connectivity index (χ2n) is 6.21. The summed E-state index contributed by atoms with van der Waals surface area (Å²) in [4.78, 5) is 37.3. The van der Waals surface area contributed by atoms with Gasteiger partial charge in [-0.05, 0) is 43.7 Å². The Morgan fingerprint density at radius 1 is 1.00 bits per heavy atom. The third-order valence-corrected chi connectivity index (χ3v) is 3.95. The molecule has 0 atom stereocenters. The third-order valence-electron chi connectivity index (χ3n) is 3.95. The van der Waals surface area contributed by atoms with Crippen LogP contribution in [-0.2, 0) is 20.9 Å². The van der Waals surface area contributed by atoms with Crippen LogP contribution in [0.1, 0.15) is 35.3 Å². The lowest BCUT2D eigenvalue weighted by molar-refractivity contribution is -0.133. The minimum Gasteiger partial charge on any atom is -0.462 e. The monoisotopic (exact) mass is 368 g/mol. The molecule has 0 aromatic heterocycles. The SMILES string of the molecule is CCOC(=O)c1ccc(NC(=O)CN(Cc2ccc(C)cc2)C(C)=O)cc1. The van der Waals surface area contributed by atoms with Crippen LogP contribution in [0.25, 0.3) is 0 Å². The highest BCUT2D eigenvalue weighted by atomic mass is 16.5. The van der Waals surface area contributed by atoms with Gasteiger partial charge in [-0.2, -0.15) is 0 Å². The van der Waals surface area contributed by atoms with E-state index in [2.05, 4.69) is 5.32 Å². The molecule has 2 aromatic rings. The first-order chi connectivity index (χ1) is 12.9. The largest absolute Gasteiger partial charge is 0.462 e. The molecule has 0 saturated heterocycles. The summed E-state index contributed by atoms with van der Waals surface area (Å²) in [5, 5.41) is 2.74. The molecular weight excluding hydrogens is 344 g/mol. The molecule has 2 amide bonds. The molecule has 0 spiro atoms. The number of esters is 1. The Morgan fingerprint density at radius 2 is 1.63 bits per heavy atom. The quantitative estimate of drug-likeness (QED) is 0.762. The van der Waals surface area contributed by atoms with E-state index >= 15 is 0 Å². The molecule has 2 aromatic carbocycles. The van der Waals surface area contributed by atoms with Gasteiger partial charge in [0.15, 0.2) is 0 Å². The fourth-order valence-electron chi connectivity index (χ4n) is 2.47. The fraction of sp³-hybridized carbons (Fsp3) is 0.286. The summed E-state index contributed by atoms with van der Waals surface area (Å²) in [5.74, 6) is -0.888. The van der Waals surface area contributed by atoms with Gasteiger partial charge < -0.3 is 15.0 Å². The van der Waals surface area contributed by atoms with Gasteiger partial charge in [-0.3, -0.25) is 9.59 Å². The summed E-state index contributed by atoms with van der Waals surface area (Å²) in [5.41, 5.74) is 3.06. The average molecular weight is 368 g/mol. The van der Waals surface area contributed by atoms with Gasteiger partial charge in [-0.1, -0.05) is 29.8 Å². The highest BCUT2D eigenvalue weighted by Crippen LogP contribution is 2.12. The topological polar surface area (TPSA) is 75.7 Å². The molecule has 2 rings (SSSR count). The molecule has 6 heteroatoms. The van der Waals surface area contributed by atoms with Crippen molar-refractivity contribution in [3.63, 3.8) is 0 Å². The first kappa shape index (κ1) is 20.2. The van der Waals surface area contributed by atoms with Gasteiger partial charge >= 0.3 is 5.97 Å². The van der Waals surface area contributed by atoms with E-state index in [9.17, 15) is 14.4 Å². The first-order valence-electron chi connectivity index (χ1n) is 8.77. The van der Waals surface area contributed by atoms with E-state index in [1.54, 1.807) is 31.2 Å². The number of hydrogen-bond acceptors (Lipinski definition) is 4. The zero-order valence-electron chi connectivity index (χ0n) is 15.8. The summed E-state index contributed by atoms with van der Waals surface area (Å²) in [6, 6.07) is 14.3. The van der Waals surface area contributed by atoms with Crippen LogP contribution in [0.5, 0.6) is 0 Å². The highest BCUT2D eigenvalue weighted by molar-refractivity contribution is 5.95. The number of hydrogen-bond donors (Lipinski definition) is 1. The second-order valence-corrected chi connectivity index (χ2v) is 6.21. The van der Waals surface area contributed by atoms with E-state index in [1.807, 2.05) is 31.2 Å². The van der Waals surface area contributed by atoms with Crippen molar-refractivity contribution < 1.29 is 19.1 Å². The molecule has 0 fully saturated rings. The summed E-state index contributed by atoms with van der Waals surface area (Å²) in [6.45, 7) is 5.79. The zero-order valence-corrected chi connectivity index (χ0v) is 15.8. The van der Waals surface area contributed by atoms with Crippen molar-refractivity contribution in [3.05, 3.63) is 65.2 Å². The van der Waals surface area contributed by atoms with Gasteiger partial charge in [0, 0.05) is 19.2 Å². The van der Waals surface area contributed by atoms with E-state index in [1.165, 1.54) is 11.8 Å². The number of ether oxygens (including phenoxy) is 1. The van der Waals surface area contributed by atoms with Crippen LogP contribution in [0.2, 0.25) is 0 Å². The number of benzene rings is 2. The second kappa shape index (κ2) is 9.52. The Bertz CT molecular complexity index is 798. The fourth-order valence-corrected chi connectivity index (χ4v) is 2.47. The van der Waals surface area contributed by atoms with Crippen molar-refractivity contribution in [2.45, 2.75) is 27.3 Å². The number of carbonyl (C=O) groups is 3. The standard InChI is InChI=1S/C21H24N2O4/c1-4-27-21(26)18-9-11-19(12-10-18)22-20(25)14-23(16(3)24)13-17-7-5-15(2)6-8-17/h5-12H,4,13-14H2,1-3H3,(H,22,25). The Hall–Kier alpha value is -3.15. The zero-order chi connectivity index (χ0) is 19.8. The number of anilines is 1. The normalized spacial score (nSPS) is 10.2. The third kappa shape index (κ3) is 6.26. The molecule has 0 aliphatic heterocycles. The maximum atomic E-state index is 12.3. The van der Waals surface area contributed by atoms with Crippen LogP contribution in [-0.4, -0.2) is 35.8 Å². The van der Waals surface area contributed by atoms with Gasteiger partial charge in [0.05, 0.1) is 12.2 Å². The molecule has 27 heavy (non-hydrogen) atoms. The van der Waals surface area contributed by atoms with Gasteiger partial charge in [-0.25, -0.2) is 4.79 Å². The maximum absolute atomic E-state index is 12.3. The number of nitrogens with zero attached hydrogens (tertiary/aromatic N) is 1. The Kier molecular flexibility index (Phi) is 7.11. The maximum Gasteiger partial charge on any atom is 0.338 e. The molecule has 0 heterocycles. The summed E-state index contributed by atoms with van der Waals surface area (Å²) >= 11 is 0. The molecule has 0 bridgehead atoms. The Morgan fingerprint density at radius 3 is 2.19 bits per heavy atom. The molecule has 1 N–H and O–H groups in total. The van der Waals surface area contributed by atoms with E-state index in [0.29, 0.717) is 24.4 Å². The molecule has 0 aliphatic rings. The Labute approximate surface area is 159 Å². The molecule has 0 aliphatic carbocycles. The van der Waals surface area contributed by atoms with Crippen LogP contribution in [0.3, 0.4) is 0 Å². The molecular formula is C21H24N2O4. The highest BCUT2D eigenvalue weighted by Gasteiger charge is 2.15. The summed E-state index contributed by atoms with van der Waals surface area (Å²) < 4.78 is 4.92. The minimum absolute atomic E-state index is 0.0527. The van der Waals surface area contributed by atoms with Crippen molar-refractivity contribution in [2.75, 3.05) is 18.5 Å². The predicted molar refractivity (Wildman–Crippen MR) is 103 cm³/mol. The van der Waals surface area contributed by atoms with Gasteiger partial charge in [0.2, 0.25) is 11.8 Å². The van der Waals surface area contributed by atoms with Crippen molar-refractivity contribution >= 4 is 23.5 Å². The van der Waals surface area contributed by atoms with Crippen molar-refractivity contribution in [1.29, 1.82) is 0 Å².